The largest absolute Gasteiger partial charge is 0.456 e. The van der Waals surface area contributed by atoms with Crippen molar-refractivity contribution in [3.8, 4) is 0 Å². The molecule has 4 heteroatoms. The third-order valence-corrected chi connectivity index (χ3v) is 4.54. The first-order chi connectivity index (χ1) is 14.3. The molecule has 0 saturated carbocycles. The van der Waals surface area contributed by atoms with Crippen LogP contribution < -0.4 is 0 Å². The Balaban J connectivity index is 1.67. The highest BCUT2D eigenvalue weighted by molar-refractivity contribution is 6.00. The molecular weight excluding hydrogens is 360 g/mol. The van der Waals surface area contributed by atoms with Crippen molar-refractivity contribution in [3.05, 3.63) is 125 Å². The highest BCUT2D eigenvalue weighted by Gasteiger charge is 2.19. The Bertz CT molecular complexity index is 1100. The predicted molar refractivity (Wildman–Crippen MR) is 114 cm³/mol. The van der Waals surface area contributed by atoms with E-state index in [1.807, 2.05) is 97.1 Å². The molecule has 0 spiro atoms. The fraction of sp³-hybridized carbons (Fsp3) is 0.0400. The molecule has 1 heterocycles. The van der Waals surface area contributed by atoms with Crippen LogP contribution in [-0.4, -0.2) is 16.2 Å². The van der Waals surface area contributed by atoms with Gasteiger partial charge < -0.3 is 4.74 Å². The molecule has 0 unspecified atom stereocenters. The Hall–Kier alpha value is -3.92. The molecule has 4 aromatic rings. The predicted octanol–water partition coefficient (Wildman–Crippen LogP) is 5.36. The summed E-state index contributed by atoms with van der Waals surface area (Å²) in [5, 5.41) is 6.93. The van der Waals surface area contributed by atoms with Crippen molar-refractivity contribution in [2.75, 3.05) is 0 Å². The van der Waals surface area contributed by atoms with E-state index in [0.29, 0.717) is 11.3 Å². The first-order valence-electron chi connectivity index (χ1n) is 9.38. The lowest BCUT2D eigenvalue weighted by molar-refractivity contribution is 0.0465. The zero-order valence-electron chi connectivity index (χ0n) is 15.8. The number of H-pyrrole nitrogens is 1. The van der Waals surface area contributed by atoms with Crippen LogP contribution in [0, 0.1) is 0 Å². The Morgan fingerprint density at radius 2 is 1.48 bits per heavy atom. The molecule has 1 aromatic heterocycles. The van der Waals surface area contributed by atoms with E-state index in [1.165, 1.54) is 0 Å². The van der Waals surface area contributed by atoms with E-state index in [4.69, 9.17) is 4.74 Å². The number of rotatable bonds is 6. The summed E-state index contributed by atoms with van der Waals surface area (Å²) >= 11 is 0. The fourth-order valence-corrected chi connectivity index (χ4v) is 3.09. The number of benzene rings is 3. The van der Waals surface area contributed by atoms with Crippen LogP contribution in [0.4, 0.5) is 0 Å². The third-order valence-electron chi connectivity index (χ3n) is 4.54. The maximum Gasteiger partial charge on any atom is 0.357 e. The number of esters is 1. The smallest absolute Gasteiger partial charge is 0.357 e. The number of nitrogens with zero attached hydrogens (tertiary/aromatic N) is 1. The van der Waals surface area contributed by atoms with Gasteiger partial charge in [0.05, 0.1) is 6.20 Å². The molecule has 0 radical (unpaired) electrons. The summed E-state index contributed by atoms with van der Waals surface area (Å²) < 4.78 is 5.51. The number of aromatic nitrogens is 2. The monoisotopic (exact) mass is 380 g/mol. The number of ether oxygens (including phenoxy) is 1. The third kappa shape index (κ3) is 4.50. The Kier molecular flexibility index (Phi) is 5.63. The van der Waals surface area contributed by atoms with Crippen molar-refractivity contribution < 1.29 is 9.53 Å². The van der Waals surface area contributed by atoms with Crippen molar-refractivity contribution >= 4 is 17.6 Å². The number of nitrogens with one attached hydrogen (secondary N) is 1. The molecule has 1 N–H and O–H groups in total. The SMILES string of the molecule is O=C(OCc1ccccc1)c1[nH]ncc1C(=Cc1ccccc1)c1ccccc1. The molecule has 0 aliphatic carbocycles. The van der Waals surface area contributed by atoms with E-state index >= 15 is 0 Å². The lowest BCUT2D eigenvalue weighted by atomic mass is 9.96. The number of carbonyl (C=O) groups is 1. The topological polar surface area (TPSA) is 55.0 Å². The van der Waals surface area contributed by atoms with Crippen LogP contribution in [0.25, 0.3) is 11.6 Å². The van der Waals surface area contributed by atoms with Crippen molar-refractivity contribution in [1.82, 2.24) is 10.2 Å². The molecule has 3 aromatic carbocycles. The average molecular weight is 380 g/mol. The molecular formula is C25H20N2O2. The van der Waals surface area contributed by atoms with Gasteiger partial charge in [0.25, 0.3) is 0 Å². The molecule has 0 amide bonds. The van der Waals surface area contributed by atoms with Crippen LogP contribution in [0.3, 0.4) is 0 Å². The minimum absolute atomic E-state index is 0.210. The Labute approximate surface area is 169 Å². The number of hydrogen-bond donors (Lipinski definition) is 1. The highest BCUT2D eigenvalue weighted by atomic mass is 16.5. The number of hydrogen-bond acceptors (Lipinski definition) is 3. The Morgan fingerprint density at radius 1 is 0.862 bits per heavy atom. The van der Waals surface area contributed by atoms with Gasteiger partial charge in [-0.3, -0.25) is 5.10 Å². The van der Waals surface area contributed by atoms with Crippen molar-refractivity contribution in [1.29, 1.82) is 0 Å². The second-order valence-corrected chi connectivity index (χ2v) is 6.56. The van der Waals surface area contributed by atoms with Gasteiger partial charge in [0.2, 0.25) is 0 Å². The van der Waals surface area contributed by atoms with Crippen LogP contribution in [0.15, 0.2) is 97.2 Å². The van der Waals surface area contributed by atoms with Gasteiger partial charge in [-0.05, 0) is 28.3 Å². The summed E-state index contributed by atoms with van der Waals surface area (Å²) in [4.78, 5) is 12.8. The lowest BCUT2D eigenvalue weighted by Gasteiger charge is -2.10. The summed E-state index contributed by atoms with van der Waals surface area (Å²) in [6.45, 7) is 0.210. The van der Waals surface area contributed by atoms with E-state index in [1.54, 1.807) is 6.20 Å². The molecule has 4 rings (SSSR count). The van der Waals surface area contributed by atoms with Gasteiger partial charge in [-0.25, -0.2) is 4.79 Å². The van der Waals surface area contributed by atoms with E-state index in [-0.39, 0.29) is 6.61 Å². The van der Waals surface area contributed by atoms with Gasteiger partial charge >= 0.3 is 5.97 Å². The molecule has 0 saturated heterocycles. The quantitative estimate of drug-likeness (QED) is 0.362. The summed E-state index contributed by atoms with van der Waals surface area (Å²) in [6.07, 6.45) is 3.72. The molecule has 0 atom stereocenters. The van der Waals surface area contributed by atoms with Crippen LogP contribution in [0.2, 0.25) is 0 Å². The summed E-state index contributed by atoms with van der Waals surface area (Å²) in [5.41, 5.74) is 4.92. The van der Waals surface area contributed by atoms with Gasteiger partial charge in [-0.15, -0.1) is 0 Å². The zero-order chi connectivity index (χ0) is 19.9. The summed E-state index contributed by atoms with van der Waals surface area (Å²) in [6, 6.07) is 29.5. The Morgan fingerprint density at radius 3 is 2.17 bits per heavy atom. The van der Waals surface area contributed by atoms with Gasteiger partial charge in [0.15, 0.2) is 5.69 Å². The molecule has 0 aliphatic heterocycles. The van der Waals surface area contributed by atoms with E-state index in [0.717, 1.165) is 22.3 Å². The molecule has 0 aliphatic rings. The standard InChI is InChI=1S/C25H20N2O2/c28-25(29-18-20-12-6-2-7-13-20)24-23(17-26-27-24)22(21-14-8-3-9-15-21)16-19-10-4-1-5-11-19/h1-17H,18H2,(H,26,27). The highest BCUT2D eigenvalue weighted by Crippen LogP contribution is 2.28. The van der Waals surface area contributed by atoms with Gasteiger partial charge in [0.1, 0.15) is 6.61 Å². The normalized spacial score (nSPS) is 11.2. The van der Waals surface area contributed by atoms with Crippen molar-refractivity contribution in [2.45, 2.75) is 6.61 Å². The van der Waals surface area contributed by atoms with E-state index in [9.17, 15) is 4.79 Å². The van der Waals surface area contributed by atoms with E-state index in [2.05, 4.69) is 10.2 Å². The second kappa shape index (κ2) is 8.85. The van der Waals surface area contributed by atoms with Crippen LogP contribution in [0.1, 0.15) is 32.7 Å². The van der Waals surface area contributed by atoms with Crippen LogP contribution in [0.5, 0.6) is 0 Å². The maximum atomic E-state index is 12.8. The lowest BCUT2D eigenvalue weighted by Crippen LogP contribution is -2.08. The van der Waals surface area contributed by atoms with Crippen molar-refractivity contribution in [3.63, 3.8) is 0 Å². The first-order valence-corrected chi connectivity index (χ1v) is 9.38. The summed E-state index contributed by atoms with van der Waals surface area (Å²) in [5.74, 6) is -0.434. The van der Waals surface area contributed by atoms with Gasteiger partial charge in [-0.1, -0.05) is 91.0 Å². The van der Waals surface area contributed by atoms with Gasteiger partial charge in [0, 0.05) is 5.56 Å². The molecule has 0 fully saturated rings. The zero-order valence-corrected chi connectivity index (χ0v) is 15.8. The fourth-order valence-electron chi connectivity index (χ4n) is 3.09. The minimum Gasteiger partial charge on any atom is -0.456 e. The number of carbonyl (C=O) groups excluding carboxylic acids is 1. The minimum atomic E-state index is -0.434. The maximum absolute atomic E-state index is 12.8. The molecule has 0 bridgehead atoms. The average Bonchev–Trinajstić information content (AvgIpc) is 3.27. The summed E-state index contributed by atoms with van der Waals surface area (Å²) in [7, 11) is 0. The molecule has 4 nitrogen and oxygen atoms in total. The van der Waals surface area contributed by atoms with Crippen LogP contribution in [-0.2, 0) is 11.3 Å². The molecule has 29 heavy (non-hydrogen) atoms. The molecule has 142 valence electrons. The van der Waals surface area contributed by atoms with E-state index < -0.39 is 5.97 Å². The van der Waals surface area contributed by atoms with Crippen LogP contribution >= 0.6 is 0 Å². The van der Waals surface area contributed by atoms with Gasteiger partial charge in [-0.2, -0.15) is 5.10 Å². The van der Waals surface area contributed by atoms with Crippen molar-refractivity contribution in [2.24, 2.45) is 0 Å². The first kappa shape index (κ1) is 18.4. The number of aromatic amines is 1. The second-order valence-electron chi connectivity index (χ2n) is 6.56.